The number of amides is 2. The van der Waals surface area contributed by atoms with Gasteiger partial charge < -0.3 is 0 Å². The Balaban J connectivity index is 1.65. The van der Waals surface area contributed by atoms with Gasteiger partial charge in [-0.15, -0.1) is 0 Å². The highest BCUT2D eigenvalue weighted by Crippen LogP contribution is 2.22. The van der Waals surface area contributed by atoms with E-state index in [1.54, 1.807) is 41.3 Å². The van der Waals surface area contributed by atoms with Gasteiger partial charge in [0.25, 0.3) is 11.8 Å². The highest BCUT2D eigenvalue weighted by Gasteiger charge is 2.34. The third kappa shape index (κ3) is 2.20. The number of aromatic nitrogens is 2. The Morgan fingerprint density at radius 3 is 2.25 bits per heavy atom. The summed E-state index contributed by atoms with van der Waals surface area (Å²) in [6.07, 6.45) is 3.91. The molecule has 2 heterocycles. The molecule has 5 nitrogen and oxygen atoms in total. The minimum atomic E-state index is -0.218. The maximum absolute atomic E-state index is 12.1. The van der Waals surface area contributed by atoms with Gasteiger partial charge in [0.2, 0.25) is 0 Å². The van der Waals surface area contributed by atoms with Gasteiger partial charge in [-0.05, 0) is 18.6 Å². The second-order valence-electron chi connectivity index (χ2n) is 4.58. The first kappa shape index (κ1) is 12.9. The molecule has 0 aliphatic carbocycles. The lowest BCUT2D eigenvalue weighted by Gasteiger charge is -2.13. The Morgan fingerprint density at radius 1 is 1.05 bits per heavy atom. The summed E-state index contributed by atoms with van der Waals surface area (Å²) in [4.78, 5) is 25.5. The number of benzene rings is 1. The molecule has 2 aromatic rings. The molecule has 0 saturated carbocycles. The molecule has 6 heteroatoms. The predicted octanol–water partition coefficient (Wildman–Crippen LogP) is 2.22. The van der Waals surface area contributed by atoms with Gasteiger partial charge in [0.15, 0.2) is 0 Å². The molecule has 102 valence electrons. The minimum Gasteiger partial charge on any atom is -0.274 e. The van der Waals surface area contributed by atoms with Gasteiger partial charge in [0.05, 0.1) is 22.3 Å². The molecule has 20 heavy (non-hydrogen) atoms. The Hall–Kier alpha value is -2.14. The number of rotatable bonds is 4. The van der Waals surface area contributed by atoms with Crippen LogP contribution in [-0.2, 0) is 6.54 Å². The fraction of sp³-hybridized carbons (Fsp3) is 0.214. The molecule has 3 rings (SSSR count). The van der Waals surface area contributed by atoms with Crippen molar-refractivity contribution in [2.45, 2.75) is 13.0 Å². The summed E-state index contributed by atoms with van der Waals surface area (Å²) in [7, 11) is 0. The van der Waals surface area contributed by atoms with Gasteiger partial charge in [-0.25, -0.2) is 0 Å². The van der Waals surface area contributed by atoms with E-state index < -0.39 is 0 Å². The van der Waals surface area contributed by atoms with E-state index in [4.69, 9.17) is 11.6 Å². The number of carbonyl (C=O) groups is 2. The summed E-state index contributed by atoms with van der Waals surface area (Å²) in [6, 6.07) is 6.89. The van der Waals surface area contributed by atoms with Crippen molar-refractivity contribution in [1.29, 1.82) is 0 Å². The van der Waals surface area contributed by atoms with Crippen molar-refractivity contribution in [1.82, 2.24) is 14.7 Å². The van der Waals surface area contributed by atoms with E-state index in [1.807, 2.05) is 0 Å². The second-order valence-corrected chi connectivity index (χ2v) is 5.02. The first-order valence-electron chi connectivity index (χ1n) is 6.30. The van der Waals surface area contributed by atoms with Crippen LogP contribution in [0.3, 0.4) is 0 Å². The minimum absolute atomic E-state index is 0.218. The average molecular weight is 290 g/mol. The average Bonchev–Trinajstić information content (AvgIpc) is 2.97. The number of hydrogen-bond acceptors (Lipinski definition) is 3. The van der Waals surface area contributed by atoms with Crippen molar-refractivity contribution < 1.29 is 9.59 Å². The quantitative estimate of drug-likeness (QED) is 0.811. The molecule has 0 spiro atoms. The molecule has 0 radical (unpaired) electrons. The Morgan fingerprint density at radius 2 is 1.70 bits per heavy atom. The lowest BCUT2D eigenvalue weighted by Crippen LogP contribution is -2.31. The number of fused-ring (bicyclic) bond motifs is 1. The van der Waals surface area contributed by atoms with Crippen LogP contribution in [0.5, 0.6) is 0 Å². The standard InChI is InChI=1S/C14H12ClN3O2/c15-10-8-16-17(9-10)6-3-7-18-13(19)11-4-1-2-5-12(11)14(18)20/h1-2,4-5,8-9H,3,6-7H2. The zero-order valence-electron chi connectivity index (χ0n) is 10.6. The van der Waals surface area contributed by atoms with Crippen LogP contribution in [0.2, 0.25) is 5.02 Å². The number of halogens is 1. The molecule has 1 aliphatic heterocycles. The van der Waals surface area contributed by atoms with Crippen molar-refractivity contribution in [3.05, 3.63) is 52.8 Å². The smallest absolute Gasteiger partial charge is 0.261 e. The van der Waals surface area contributed by atoms with Gasteiger partial charge >= 0.3 is 0 Å². The summed E-state index contributed by atoms with van der Waals surface area (Å²) in [5, 5.41) is 4.63. The number of carbonyl (C=O) groups excluding carboxylic acids is 2. The third-order valence-electron chi connectivity index (χ3n) is 3.25. The number of nitrogens with zero attached hydrogens (tertiary/aromatic N) is 3. The van der Waals surface area contributed by atoms with Crippen molar-refractivity contribution in [3.63, 3.8) is 0 Å². The molecular formula is C14H12ClN3O2. The summed E-state index contributed by atoms with van der Waals surface area (Å²) in [5.41, 5.74) is 0.972. The molecule has 1 aromatic carbocycles. The van der Waals surface area contributed by atoms with E-state index >= 15 is 0 Å². The van der Waals surface area contributed by atoms with Crippen molar-refractivity contribution in [2.24, 2.45) is 0 Å². The monoisotopic (exact) mass is 289 g/mol. The molecule has 0 fully saturated rings. The highest BCUT2D eigenvalue weighted by atomic mass is 35.5. The summed E-state index contributed by atoms with van der Waals surface area (Å²) in [6.45, 7) is 0.990. The van der Waals surface area contributed by atoms with Crippen molar-refractivity contribution in [3.8, 4) is 0 Å². The maximum atomic E-state index is 12.1. The summed E-state index contributed by atoms with van der Waals surface area (Å²) >= 11 is 5.77. The number of imide groups is 1. The van der Waals surface area contributed by atoms with Crippen LogP contribution in [0.25, 0.3) is 0 Å². The summed E-state index contributed by atoms with van der Waals surface area (Å²) < 4.78 is 1.69. The molecular weight excluding hydrogens is 278 g/mol. The molecule has 1 aliphatic rings. The van der Waals surface area contributed by atoms with Crippen LogP contribution in [0, 0.1) is 0 Å². The van der Waals surface area contributed by atoms with Crippen LogP contribution in [0.15, 0.2) is 36.7 Å². The van der Waals surface area contributed by atoms with Gasteiger partial charge in [0.1, 0.15) is 0 Å². The lowest BCUT2D eigenvalue weighted by atomic mass is 10.1. The number of aryl methyl sites for hydroxylation is 1. The molecule has 2 amide bonds. The van der Waals surface area contributed by atoms with Gasteiger partial charge in [-0.2, -0.15) is 5.10 Å². The van der Waals surface area contributed by atoms with E-state index in [1.165, 1.54) is 4.90 Å². The molecule has 0 atom stereocenters. The predicted molar refractivity (Wildman–Crippen MR) is 73.7 cm³/mol. The second kappa shape index (κ2) is 5.09. The molecule has 1 aromatic heterocycles. The zero-order valence-corrected chi connectivity index (χ0v) is 11.4. The normalized spacial score (nSPS) is 13.9. The van der Waals surface area contributed by atoms with Crippen LogP contribution in [0.1, 0.15) is 27.1 Å². The topological polar surface area (TPSA) is 55.2 Å². The molecule has 0 bridgehead atoms. The molecule has 0 unspecified atom stereocenters. The van der Waals surface area contributed by atoms with Crippen LogP contribution < -0.4 is 0 Å². The maximum Gasteiger partial charge on any atom is 0.261 e. The van der Waals surface area contributed by atoms with Gasteiger partial charge in [-0.3, -0.25) is 19.2 Å². The Bertz CT molecular complexity index is 646. The Kier molecular flexibility index (Phi) is 3.28. The fourth-order valence-electron chi connectivity index (χ4n) is 2.29. The van der Waals surface area contributed by atoms with E-state index in [2.05, 4.69) is 5.10 Å². The molecule has 0 N–H and O–H groups in total. The van der Waals surface area contributed by atoms with Crippen molar-refractivity contribution >= 4 is 23.4 Å². The summed E-state index contributed by atoms with van der Waals surface area (Å²) in [5.74, 6) is -0.437. The number of hydrogen-bond donors (Lipinski definition) is 0. The largest absolute Gasteiger partial charge is 0.274 e. The highest BCUT2D eigenvalue weighted by molar-refractivity contribution is 6.30. The lowest BCUT2D eigenvalue weighted by molar-refractivity contribution is 0.0650. The fourth-order valence-corrected chi connectivity index (χ4v) is 2.45. The van der Waals surface area contributed by atoms with E-state index in [0.29, 0.717) is 35.7 Å². The van der Waals surface area contributed by atoms with Crippen LogP contribution >= 0.6 is 11.6 Å². The van der Waals surface area contributed by atoms with E-state index in [0.717, 1.165) is 0 Å². The first-order chi connectivity index (χ1) is 9.66. The van der Waals surface area contributed by atoms with E-state index in [9.17, 15) is 9.59 Å². The first-order valence-corrected chi connectivity index (χ1v) is 6.68. The van der Waals surface area contributed by atoms with Crippen LogP contribution in [-0.4, -0.2) is 33.0 Å². The Labute approximate surface area is 120 Å². The van der Waals surface area contributed by atoms with Crippen LogP contribution in [0.4, 0.5) is 0 Å². The van der Waals surface area contributed by atoms with Crippen molar-refractivity contribution in [2.75, 3.05) is 6.54 Å². The molecule has 0 saturated heterocycles. The van der Waals surface area contributed by atoms with E-state index in [-0.39, 0.29) is 11.8 Å². The van der Waals surface area contributed by atoms with Gasteiger partial charge in [-0.1, -0.05) is 23.7 Å². The third-order valence-corrected chi connectivity index (χ3v) is 3.44. The van der Waals surface area contributed by atoms with Gasteiger partial charge in [0, 0.05) is 19.3 Å². The zero-order chi connectivity index (χ0) is 14.1. The SMILES string of the molecule is O=C1c2ccccc2C(=O)N1CCCn1cc(Cl)cn1.